The normalized spacial score (nSPS) is 32.9. The van der Waals surface area contributed by atoms with Crippen molar-refractivity contribution in [2.24, 2.45) is 25.8 Å². The van der Waals surface area contributed by atoms with Crippen LogP contribution < -0.4 is 5.73 Å². The Labute approximate surface area is 183 Å². The van der Waals surface area contributed by atoms with Gasteiger partial charge in [0.15, 0.2) is 5.84 Å². The number of nitrogens with zero attached hydrogens (tertiary/aromatic N) is 7. The molecule has 1 saturated heterocycles. The fraction of sp³-hybridized carbons (Fsp3) is 0.700. The molecular formula is C10H17N8O12P3. The highest BCUT2D eigenvalue weighted by Gasteiger charge is 2.47. The van der Waals surface area contributed by atoms with Crippen molar-refractivity contribution < 1.29 is 56.3 Å². The summed E-state index contributed by atoms with van der Waals surface area (Å²) in [4.78, 5) is 51.7. The molecule has 0 amide bonds. The van der Waals surface area contributed by atoms with E-state index in [0.717, 1.165) is 6.34 Å². The highest BCUT2D eigenvalue weighted by Crippen LogP contribution is 2.66. The summed E-state index contributed by atoms with van der Waals surface area (Å²) in [6, 6.07) is 0. The summed E-state index contributed by atoms with van der Waals surface area (Å²) in [6.07, 6.45) is -2.41. The molecule has 3 aliphatic heterocycles. The van der Waals surface area contributed by atoms with Crippen LogP contribution in [0, 0.1) is 0 Å². The number of fused-ring (bicyclic) bond motifs is 1. The first-order valence-corrected chi connectivity index (χ1v) is 13.1. The van der Waals surface area contributed by atoms with Crippen LogP contribution in [0.5, 0.6) is 0 Å². The van der Waals surface area contributed by atoms with E-state index in [2.05, 4.69) is 38.1 Å². The molecule has 20 nitrogen and oxygen atoms in total. The Morgan fingerprint density at radius 1 is 1.30 bits per heavy atom. The van der Waals surface area contributed by atoms with E-state index in [9.17, 15) is 23.7 Å². The first-order chi connectivity index (χ1) is 15.1. The number of aliphatic hydroxyl groups is 1. The second kappa shape index (κ2) is 9.22. The molecule has 184 valence electrons. The second-order valence-electron chi connectivity index (χ2n) is 6.55. The summed E-state index contributed by atoms with van der Waals surface area (Å²) in [7, 11) is -16.6. The summed E-state index contributed by atoms with van der Waals surface area (Å²) < 4.78 is 51.1. The van der Waals surface area contributed by atoms with E-state index < -0.39 is 54.3 Å². The zero-order chi connectivity index (χ0) is 24.7. The summed E-state index contributed by atoms with van der Waals surface area (Å²) in [5.74, 6) is -1.67. The third-order valence-corrected chi connectivity index (χ3v) is 8.02. The minimum Gasteiger partial charge on any atom is -0.390 e. The van der Waals surface area contributed by atoms with Crippen LogP contribution in [-0.2, 0) is 31.6 Å². The molecule has 0 spiro atoms. The number of aliphatic hydroxyl groups excluding tert-OH is 1. The van der Waals surface area contributed by atoms with Gasteiger partial charge in [0.25, 0.3) is 0 Å². The van der Waals surface area contributed by atoms with E-state index in [-0.39, 0.29) is 24.6 Å². The van der Waals surface area contributed by atoms with Crippen molar-refractivity contribution >= 4 is 41.4 Å². The van der Waals surface area contributed by atoms with Crippen LogP contribution >= 0.6 is 23.5 Å². The van der Waals surface area contributed by atoms with Gasteiger partial charge in [0, 0.05) is 11.3 Å². The van der Waals surface area contributed by atoms with Gasteiger partial charge in [-0.3, -0.25) is 15.2 Å². The molecule has 0 aromatic heterocycles. The number of ether oxygens (including phenoxy) is 1. The molecule has 1 fully saturated rings. The molecule has 0 saturated carbocycles. The fourth-order valence-corrected chi connectivity index (χ4v) is 6.00. The SMILES string of the molecule is [N-]=[N+]=NC1(N)N=CN=C2C1=NCN2[C@H]1C[C@H](O)[C@@H](COP(=O)(O)OP(=O)(O)OP(=O)(O)O)O1. The van der Waals surface area contributed by atoms with E-state index in [4.69, 9.17) is 30.7 Å². The zero-order valence-corrected chi connectivity index (χ0v) is 18.8. The number of phosphoric ester groups is 1. The number of aliphatic imine (C=N–C) groups is 3. The number of azide groups is 1. The van der Waals surface area contributed by atoms with E-state index in [1.54, 1.807) is 0 Å². The summed E-state index contributed by atoms with van der Waals surface area (Å²) in [6.45, 7) is -0.895. The van der Waals surface area contributed by atoms with Gasteiger partial charge >= 0.3 is 23.5 Å². The van der Waals surface area contributed by atoms with Crippen LogP contribution in [0.15, 0.2) is 20.1 Å². The van der Waals surface area contributed by atoms with Crippen molar-refractivity contribution in [3.05, 3.63) is 10.4 Å². The molecular weight excluding hydrogens is 517 g/mol. The van der Waals surface area contributed by atoms with Gasteiger partial charge in [-0.05, 0) is 10.6 Å². The Morgan fingerprint density at radius 3 is 2.64 bits per heavy atom. The zero-order valence-electron chi connectivity index (χ0n) is 16.1. The van der Waals surface area contributed by atoms with Crippen molar-refractivity contribution in [1.82, 2.24) is 4.90 Å². The molecule has 6 atom stereocenters. The van der Waals surface area contributed by atoms with Crippen LogP contribution in [0.2, 0.25) is 0 Å². The van der Waals surface area contributed by atoms with Gasteiger partial charge in [-0.1, -0.05) is 0 Å². The third-order valence-electron chi connectivity index (χ3n) is 4.21. The summed E-state index contributed by atoms with van der Waals surface area (Å²) >= 11 is 0. The monoisotopic (exact) mass is 534 g/mol. The number of rotatable bonds is 9. The highest BCUT2D eigenvalue weighted by atomic mass is 31.3. The quantitative estimate of drug-likeness (QED) is 0.0884. The maximum atomic E-state index is 11.8. The first-order valence-electron chi connectivity index (χ1n) is 8.55. The third kappa shape index (κ3) is 6.30. The topological polar surface area (TPSA) is 304 Å². The number of nitrogens with two attached hydrogens (primary N) is 1. The van der Waals surface area contributed by atoms with E-state index in [0.29, 0.717) is 0 Å². The van der Waals surface area contributed by atoms with Crippen LogP contribution in [0.25, 0.3) is 10.4 Å². The molecule has 7 N–H and O–H groups in total. The molecule has 23 heteroatoms. The Morgan fingerprint density at radius 2 is 2.00 bits per heavy atom. The molecule has 0 aliphatic carbocycles. The lowest BCUT2D eigenvalue weighted by molar-refractivity contribution is -0.0550. The molecule has 0 aromatic rings. The molecule has 0 bridgehead atoms. The molecule has 0 aromatic carbocycles. The second-order valence-corrected chi connectivity index (χ2v) is 11.0. The van der Waals surface area contributed by atoms with Crippen molar-refractivity contribution in [3.63, 3.8) is 0 Å². The van der Waals surface area contributed by atoms with Crippen molar-refractivity contribution in [2.75, 3.05) is 13.3 Å². The predicted octanol–water partition coefficient (Wildman–Crippen LogP) is -1.12. The van der Waals surface area contributed by atoms with Crippen molar-refractivity contribution in [2.45, 2.75) is 30.6 Å². The van der Waals surface area contributed by atoms with Gasteiger partial charge in [0.05, 0.1) is 12.7 Å². The Hall–Kier alpha value is -1.59. The maximum absolute atomic E-state index is 11.8. The predicted molar refractivity (Wildman–Crippen MR) is 105 cm³/mol. The Kier molecular flexibility index (Phi) is 7.27. The number of hydrogen-bond acceptors (Lipinski definition) is 14. The smallest absolute Gasteiger partial charge is 0.390 e. The Bertz CT molecular complexity index is 1090. The molecule has 3 unspecified atom stereocenters. The van der Waals surface area contributed by atoms with Crippen LogP contribution in [0.1, 0.15) is 6.42 Å². The van der Waals surface area contributed by atoms with Crippen LogP contribution in [-0.4, -0.2) is 85.0 Å². The van der Waals surface area contributed by atoms with E-state index >= 15 is 0 Å². The van der Waals surface area contributed by atoms with Crippen LogP contribution in [0.3, 0.4) is 0 Å². The lowest BCUT2D eigenvalue weighted by Gasteiger charge is -2.29. The molecule has 33 heavy (non-hydrogen) atoms. The fourth-order valence-electron chi connectivity index (χ4n) is 2.97. The summed E-state index contributed by atoms with van der Waals surface area (Å²) in [5.41, 5.74) is 14.7. The largest absolute Gasteiger partial charge is 0.490 e. The van der Waals surface area contributed by atoms with Gasteiger partial charge in [-0.2, -0.15) is 8.62 Å². The van der Waals surface area contributed by atoms with Gasteiger partial charge in [-0.15, -0.1) is 0 Å². The lowest BCUT2D eigenvalue weighted by atomic mass is 10.1. The molecule has 0 radical (unpaired) electrons. The van der Waals surface area contributed by atoms with Crippen molar-refractivity contribution in [3.8, 4) is 0 Å². The Balaban J connectivity index is 1.61. The minimum atomic E-state index is -5.68. The number of amidine groups is 1. The lowest BCUT2D eigenvalue weighted by Crippen LogP contribution is -2.52. The average Bonchev–Trinajstić information content (AvgIpc) is 3.21. The van der Waals surface area contributed by atoms with Gasteiger partial charge in [0.2, 0.25) is 5.79 Å². The average molecular weight is 534 g/mol. The van der Waals surface area contributed by atoms with E-state index in [1.807, 2.05) is 0 Å². The minimum absolute atomic E-state index is 0.0533. The van der Waals surface area contributed by atoms with Gasteiger partial charge < -0.3 is 34.3 Å². The number of phosphoric acid groups is 3. The number of hydrogen-bond donors (Lipinski definition) is 6. The standard InChI is InChI=1S/C10H17N8O12P3/c11-10(16-17-12)8-9(13-3-15-10)18(4-14-8)7-1-5(19)6(28-7)2-27-32(23,24)30-33(25,26)29-31(20,21)22/h3,5-7,19H,1-2,4,11H2,(H,23,24)(H,25,26)(H2,20,21,22)/t5-,6+,7+,10?/m0/s1. The van der Waals surface area contributed by atoms with Crippen molar-refractivity contribution in [1.29, 1.82) is 0 Å². The first kappa shape index (κ1) is 26.0. The maximum Gasteiger partial charge on any atom is 0.490 e. The van der Waals surface area contributed by atoms with Gasteiger partial charge in [0.1, 0.15) is 31.1 Å². The molecule has 3 rings (SSSR count). The summed E-state index contributed by atoms with van der Waals surface area (Å²) in [5, 5.41) is 13.6. The van der Waals surface area contributed by atoms with Gasteiger partial charge in [-0.25, -0.2) is 23.7 Å². The molecule has 3 aliphatic rings. The molecule has 3 heterocycles. The van der Waals surface area contributed by atoms with E-state index in [1.165, 1.54) is 4.90 Å². The highest BCUT2D eigenvalue weighted by molar-refractivity contribution is 7.66. The van der Waals surface area contributed by atoms with Crippen LogP contribution in [0.4, 0.5) is 0 Å².